The molecule has 0 aliphatic carbocycles. The van der Waals surface area contributed by atoms with E-state index in [1.54, 1.807) is 6.07 Å². The molecule has 24 heavy (non-hydrogen) atoms. The van der Waals surface area contributed by atoms with Gasteiger partial charge >= 0.3 is 0 Å². The Kier molecular flexibility index (Phi) is 5.17. The van der Waals surface area contributed by atoms with Crippen LogP contribution in [0.5, 0.6) is 0 Å². The molecular weight excluding hydrogens is 310 g/mol. The van der Waals surface area contributed by atoms with Crippen LogP contribution in [0.1, 0.15) is 25.0 Å². The van der Waals surface area contributed by atoms with Crippen LogP contribution in [0.25, 0.3) is 16.8 Å². The third-order valence-electron chi connectivity index (χ3n) is 3.65. The average molecular weight is 328 g/mol. The van der Waals surface area contributed by atoms with E-state index in [0.717, 1.165) is 29.4 Å². The molecular formula is C18H18F2N4. The first kappa shape index (κ1) is 17.4. The SMILES string of the molecule is C#N.CC1=C(c2cc(-c3ccccc3)cc(C(C)(F)F)c2)NNN1. The molecule has 0 bridgehead atoms. The van der Waals surface area contributed by atoms with Gasteiger partial charge in [-0.15, -0.1) is 0 Å². The van der Waals surface area contributed by atoms with Gasteiger partial charge in [0.1, 0.15) is 0 Å². The summed E-state index contributed by atoms with van der Waals surface area (Å²) in [4.78, 5) is 0. The Bertz CT molecular complexity index is 762. The summed E-state index contributed by atoms with van der Waals surface area (Å²) in [5.41, 5.74) is 12.7. The highest BCUT2D eigenvalue weighted by atomic mass is 19.3. The smallest absolute Gasteiger partial charge is 0.270 e. The molecule has 6 heteroatoms. The molecule has 3 rings (SSSR count). The van der Waals surface area contributed by atoms with Crippen LogP contribution >= 0.6 is 0 Å². The average Bonchev–Trinajstić information content (AvgIpc) is 3.02. The van der Waals surface area contributed by atoms with Crippen molar-refractivity contribution in [3.63, 3.8) is 0 Å². The van der Waals surface area contributed by atoms with Crippen molar-refractivity contribution in [2.45, 2.75) is 19.8 Å². The van der Waals surface area contributed by atoms with Gasteiger partial charge < -0.3 is 10.9 Å². The van der Waals surface area contributed by atoms with Crippen LogP contribution < -0.4 is 16.4 Å². The molecule has 0 saturated carbocycles. The monoisotopic (exact) mass is 328 g/mol. The third-order valence-corrected chi connectivity index (χ3v) is 3.65. The zero-order chi connectivity index (χ0) is 17.7. The molecule has 0 aromatic heterocycles. The first-order chi connectivity index (χ1) is 11.4. The van der Waals surface area contributed by atoms with Gasteiger partial charge in [0.25, 0.3) is 5.92 Å². The number of hydrogen-bond donors (Lipinski definition) is 3. The van der Waals surface area contributed by atoms with Crippen LogP contribution in [-0.2, 0) is 5.92 Å². The molecule has 124 valence electrons. The van der Waals surface area contributed by atoms with Crippen molar-refractivity contribution >= 4 is 5.70 Å². The van der Waals surface area contributed by atoms with E-state index < -0.39 is 5.92 Å². The van der Waals surface area contributed by atoms with Gasteiger partial charge in [-0.1, -0.05) is 30.3 Å². The van der Waals surface area contributed by atoms with Crippen molar-refractivity contribution in [3.05, 3.63) is 65.4 Å². The summed E-state index contributed by atoms with van der Waals surface area (Å²) < 4.78 is 27.7. The second-order valence-corrected chi connectivity index (χ2v) is 5.43. The molecule has 0 saturated heterocycles. The van der Waals surface area contributed by atoms with E-state index in [1.165, 1.54) is 6.07 Å². The van der Waals surface area contributed by atoms with Gasteiger partial charge in [0.2, 0.25) is 0 Å². The lowest BCUT2D eigenvalue weighted by atomic mass is 9.96. The molecule has 4 nitrogen and oxygen atoms in total. The van der Waals surface area contributed by atoms with E-state index in [-0.39, 0.29) is 5.56 Å². The predicted octanol–water partition coefficient (Wildman–Crippen LogP) is 3.91. The van der Waals surface area contributed by atoms with Crippen molar-refractivity contribution in [2.24, 2.45) is 0 Å². The van der Waals surface area contributed by atoms with Gasteiger partial charge in [-0.25, -0.2) is 14.0 Å². The highest BCUT2D eigenvalue weighted by Gasteiger charge is 2.26. The zero-order valence-electron chi connectivity index (χ0n) is 13.4. The number of nitrogens with zero attached hydrogens (tertiary/aromatic N) is 1. The van der Waals surface area contributed by atoms with E-state index in [4.69, 9.17) is 5.26 Å². The first-order valence-electron chi connectivity index (χ1n) is 7.28. The fourth-order valence-corrected chi connectivity index (χ4v) is 2.46. The van der Waals surface area contributed by atoms with E-state index in [9.17, 15) is 8.78 Å². The number of allylic oxidation sites excluding steroid dienone is 1. The number of nitrogens with one attached hydrogen (secondary N) is 3. The number of alkyl halides is 2. The summed E-state index contributed by atoms with van der Waals surface area (Å²) in [5.74, 6) is -2.90. The molecule has 0 fully saturated rings. The van der Waals surface area contributed by atoms with E-state index in [2.05, 4.69) is 23.0 Å². The lowest BCUT2D eigenvalue weighted by molar-refractivity contribution is 0.0175. The molecule has 1 aliphatic rings. The van der Waals surface area contributed by atoms with Crippen LogP contribution in [0, 0.1) is 11.8 Å². The summed E-state index contributed by atoms with van der Waals surface area (Å²) in [5, 5.41) is 6.50. The van der Waals surface area contributed by atoms with E-state index in [1.807, 2.05) is 43.3 Å². The highest BCUT2D eigenvalue weighted by Crippen LogP contribution is 2.34. The summed E-state index contributed by atoms with van der Waals surface area (Å²) in [6.45, 7) is 6.29. The van der Waals surface area contributed by atoms with Gasteiger partial charge in [0.05, 0.1) is 5.70 Å². The first-order valence-corrected chi connectivity index (χ1v) is 7.28. The number of nitriles is 1. The minimum atomic E-state index is -2.90. The minimum absolute atomic E-state index is 0.00199. The van der Waals surface area contributed by atoms with Crippen LogP contribution in [-0.4, -0.2) is 0 Å². The molecule has 1 aliphatic heterocycles. The quantitative estimate of drug-likeness (QED) is 0.799. The van der Waals surface area contributed by atoms with Gasteiger partial charge in [-0.05, 0) is 36.2 Å². The van der Waals surface area contributed by atoms with Gasteiger partial charge in [0, 0.05) is 30.3 Å². The molecule has 0 unspecified atom stereocenters. The Morgan fingerprint density at radius 3 is 2.08 bits per heavy atom. The third kappa shape index (κ3) is 3.70. The Balaban J connectivity index is 0.00000100. The van der Waals surface area contributed by atoms with E-state index >= 15 is 0 Å². The molecule has 0 atom stereocenters. The van der Waals surface area contributed by atoms with Crippen LogP contribution in [0.3, 0.4) is 0 Å². The minimum Gasteiger partial charge on any atom is -0.306 e. The molecule has 1 heterocycles. The summed E-state index contributed by atoms with van der Waals surface area (Å²) in [6.07, 6.45) is 0. The van der Waals surface area contributed by atoms with Crippen molar-refractivity contribution in [1.82, 2.24) is 16.4 Å². The number of benzene rings is 2. The fraction of sp³-hybridized carbons (Fsp3) is 0.167. The molecule has 0 radical (unpaired) electrons. The van der Waals surface area contributed by atoms with Crippen molar-refractivity contribution in [3.8, 4) is 17.7 Å². The highest BCUT2D eigenvalue weighted by molar-refractivity contribution is 5.74. The number of halogens is 2. The summed E-state index contributed by atoms with van der Waals surface area (Å²) >= 11 is 0. The Hall–Kier alpha value is -2.91. The standard InChI is InChI=1S/C17H17F2N3.CHN/c1-11-16(21-22-20-11)14-8-13(12-6-4-3-5-7-12)9-15(10-14)17(2,18)19;1-2/h3-10,20-22H,1-2H3;1H. The van der Waals surface area contributed by atoms with E-state index in [0.29, 0.717) is 5.56 Å². The number of hydrogen-bond acceptors (Lipinski definition) is 4. The van der Waals surface area contributed by atoms with Crippen LogP contribution in [0.15, 0.2) is 54.2 Å². The maximum atomic E-state index is 13.8. The van der Waals surface area contributed by atoms with Gasteiger partial charge in [-0.3, -0.25) is 0 Å². The van der Waals surface area contributed by atoms with Crippen molar-refractivity contribution in [2.75, 3.05) is 0 Å². The largest absolute Gasteiger partial charge is 0.306 e. The van der Waals surface area contributed by atoms with Crippen LogP contribution in [0.4, 0.5) is 8.78 Å². The molecule has 0 amide bonds. The maximum Gasteiger partial charge on any atom is 0.270 e. The lowest BCUT2D eigenvalue weighted by Crippen LogP contribution is -2.32. The Morgan fingerprint density at radius 2 is 1.54 bits per heavy atom. The summed E-state index contributed by atoms with van der Waals surface area (Å²) in [6, 6.07) is 14.5. The number of rotatable bonds is 3. The molecule has 0 spiro atoms. The lowest BCUT2D eigenvalue weighted by Gasteiger charge is -2.16. The van der Waals surface area contributed by atoms with Gasteiger partial charge in [0.15, 0.2) is 0 Å². The summed E-state index contributed by atoms with van der Waals surface area (Å²) in [7, 11) is 0. The second-order valence-electron chi connectivity index (χ2n) is 5.43. The Morgan fingerprint density at radius 1 is 0.917 bits per heavy atom. The molecule has 2 aromatic carbocycles. The normalized spacial score (nSPS) is 13.6. The van der Waals surface area contributed by atoms with Crippen LogP contribution in [0.2, 0.25) is 0 Å². The maximum absolute atomic E-state index is 13.8. The second kappa shape index (κ2) is 7.11. The zero-order valence-corrected chi connectivity index (χ0v) is 13.4. The topological polar surface area (TPSA) is 59.9 Å². The van der Waals surface area contributed by atoms with Crippen molar-refractivity contribution < 1.29 is 8.78 Å². The Labute approximate surface area is 139 Å². The predicted molar refractivity (Wildman–Crippen MR) is 90.1 cm³/mol. The van der Waals surface area contributed by atoms with Crippen molar-refractivity contribution in [1.29, 1.82) is 5.26 Å². The fourth-order valence-electron chi connectivity index (χ4n) is 2.46. The number of hydrazine groups is 2. The van der Waals surface area contributed by atoms with Gasteiger partial charge in [-0.2, -0.15) is 5.53 Å². The molecule has 2 aromatic rings. The molecule has 3 N–H and O–H groups in total.